The second kappa shape index (κ2) is 14.0. The summed E-state index contributed by atoms with van der Waals surface area (Å²) in [7, 11) is 3.02. The predicted octanol–water partition coefficient (Wildman–Crippen LogP) is 6.06. The van der Waals surface area contributed by atoms with Crippen LogP contribution in [0.1, 0.15) is 34.1 Å². The van der Waals surface area contributed by atoms with Gasteiger partial charge in [0.1, 0.15) is 23.4 Å². The molecule has 4 rings (SSSR count). The van der Waals surface area contributed by atoms with Crippen LogP contribution in [0.25, 0.3) is 0 Å². The third kappa shape index (κ3) is 7.64. The number of nitrogens with one attached hydrogen (secondary N) is 1. The van der Waals surface area contributed by atoms with Crippen molar-refractivity contribution in [3.05, 3.63) is 107 Å². The summed E-state index contributed by atoms with van der Waals surface area (Å²) >= 11 is 1.20. The van der Waals surface area contributed by atoms with E-state index >= 15 is 0 Å². The first-order chi connectivity index (χ1) is 20.2. The highest BCUT2D eigenvalue weighted by atomic mass is 32.2. The van der Waals surface area contributed by atoms with Crippen molar-refractivity contribution in [3.63, 3.8) is 0 Å². The average molecular weight is 589 g/mol. The van der Waals surface area contributed by atoms with Crippen LogP contribution < -0.4 is 14.8 Å². The van der Waals surface area contributed by atoms with E-state index in [0.717, 1.165) is 22.5 Å². The summed E-state index contributed by atoms with van der Waals surface area (Å²) in [6, 6.07) is 19.0. The number of benzene rings is 3. The lowest BCUT2D eigenvalue weighted by Gasteiger charge is -2.32. The van der Waals surface area contributed by atoms with Crippen molar-refractivity contribution in [2.24, 2.45) is 0 Å². The zero-order valence-electron chi connectivity index (χ0n) is 24.2. The van der Waals surface area contributed by atoms with Gasteiger partial charge in [-0.15, -0.1) is 0 Å². The molecule has 1 unspecified atom stereocenters. The Morgan fingerprint density at radius 3 is 2.26 bits per heavy atom. The Labute approximate surface area is 249 Å². The van der Waals surface area contributed by atoms with Crippen molar-refractivity contribution in [2.45, 2.75) is 38.5 Å². The molecule has 2 amide bonds. The number of aryl methyl sites for hydroxylation is 3. The Kier molecular flexibility index (Phi) is 10.1. The van der Waals surface area contributed by atoms with Crippen LogP contribution in [0, 0.1) is 26.6 Å². The number of hydrogen-bond acceptors (Lipinski definition) is 7. The Morgan fingerprint density at radius 2 is 1.62 bits per heavy atom. The van der Waals surface area contributed by atoms with E-state index in [0.29, 0.717) is 27.9 Å². The second-order valence-electron chi connectivity index (χ2n) is 9.68. The molecule has 0 aliphatic rings. The van der Waals surface area contributed by atoms with Crippen molar-refractivity contribution < 1.29 is 23.5 Å². The first kappa shape index (κ1) is 30.5. The number of nitrogens with zero attached hydrogens (tertiary/aromatic N) is 3. The molecule has 8 nitrogen and oxygen atoms in total. The quantitative estimate of drug-likeness (QED) is 0.168. The molecule has 0 bridgehead atoms. The molecule has 10 heteroatoms. The molecule has 218 valence electrons. The van der Waals surface area contributed by atoms with Gasteiger partial charge in [-0.05, 0) is 67.8 Å². The molecule has 1 heterocycles. The number of hydrogen-bond donors (Lipinski definition) is 1. The molecular formula is C32H33FN4O4S. The van der Waals surface area contributed by atoms with Gasteiger partial charge in [-0.2, -0.15) is 0 Å². The number of rotatable bonds is 11. The predicted molar refractivity (Wildman–Crippen MR) is 161 cm³/mol. The van der Waals surface area contributed by atoms with Gasteiger partial charge in [-0.1, -0.05) is 48.2 Å². The van der Waals surface area contributed by atoms with Crippen LogP contribution in [0.2, 0.25) is 0 Å². The van der Waals surface area contributed by atoms with E-state index in [1.807, 2.05) is 51.1 Å². The number of carbonyl (C=O) groups is 2. The summed E-state index contributed by atoms with van der Waals surface area (Å²) in [5.74, 6) is -0.307. The molecule has 1 N–H and O–H groups in total. The lowest BCUT2D eigenvalue weighted by atomic mass is 10.0. The van der Waals surface area contributed by atoms with E-state index in [2.05, 4.69) is 15.3 Å². The Bertz CT molecular complexity index is 1540. The Hall–Kier alpha value is -4.44. The molecule has 0 spiro atoms. The third-order valence-corrected chi connectivity index (χ3v) is 7.45. The number of ether oxygens (including phenoxy) is 2. The smallest absolute Gasteiger partial charge is 0.251 e. The highest BCUT2D eigenvalue weighted by molar-refractivity contribution is 7.99. The number of halogens is 1. The molecule has 0 saturated heterocycles. The summed E-state index contributed by atoms with van der Waals surface area (Å²) < 4.78 is 24.7. The van der Waals surface area contributed by atoms with Gasteiger partial charge in [-0.3, -0.25) is 9.59 Å². The molecule has 1 aromatic heterocycles. The second-order valence-corrected chi connectivity index (χ2v) is 10.6. The number of aromatic nitrogens is 2. The third-order valence-electron chi connectivity index (χ3n) is 6.62. The van der Waals surface area contributed by atoms with Crippen molar-refractivity contribution in [2.75, 3.05) is 25.3 Å². The molecule has 1 atom stereocenters. The average Bonchev–Trinajstić information content (AvgIpc) is 2.97. The van der Waals surface area contributed by atoms with Crippen LogP contribution in [-0.2, 0) is 16.1 Å². The minimum Gasteiger partial charge on any atom is -0.497 e. The molecule has 4 aromatic rings. The normalized spacial score (nSPS) is 11.5. The molecule has 0 aliphatic carbocycles. The lowest BCUT2D eigenvalue weighted by Crippen LogP contribution is -2.42. The molecule has 0 aliphatic heterocycles. The SMILES string of the molecule is COc1ccc(NC(=O)C(c2ccc(F)cc2)N(Cc2ccccc2C)C(=O)CSc2nc(C)cc(C)n2)c(OC)c1. The lowest BCUT2D eigenvalue weighted by molar-refractivity contribution is -0.137. The van der Waals surface area contributed by atoms with E-state index in [9.17, 15) is 14.0 Å². The number of thioether (sulfide) groups is 1. The van der Waals surface area contributed by atoms with E-state index in [-0.39, 0.29) is 18.2 Å². The maximum absolute atomic E-state index is 14.1. The van der Waals surface area contributed by atoms with Crippen LogP contribution in [-0.4, -0.2) is 46.7 Å². The summed E-state index contributed by atoms with van der Waals surface area (Å²) in [4.78, 5) is 38.5. The van der Waals surface area contributed by atoms with E-state index in [1.54, 1.807) is 18.2 Å². The minimum atomic E-state index is -1.09. The maximum atomic E-state index is 14.1. The molecule has 3 aromatic carbocycles. The highest BCUT2D eigenvalue weighted by Crippen LogP contribution is 2.32. The Morgan fingerprint density at radius 1 is 0.929 bits per heavy atom. The standard InChI is InChI=1S/C32H33FN4O4S/c1-20-8-6-7-9-24(20)18-37(29(38)19-42-32-34-21(2)16-22(3)35-32)30(23-10-12-25(33)13-11-23)31(39)36-27-15-14-26(40-4)17-28(27)41-5/h6-17,30H,18-19H2,1-5H3,(H,36,39). The number of anilines is 1. The van der Waals surface area contributed by atoms with Crippen molar-refractivity contribution >= 4 is 29.3 Å². The monoisotopic (exact) mass is 588 g/mol. The fraction of sp³-hybridized carbons (Fsp3) is 0.250. The van der Waals surface area contributed by atoms with Crippen molar-refractivity contribution in [1.82, 2.24) is 14.9 Å². The van der Waals surface area contributed by atoms with Gasteiger partial charge in [0.2, 0.25) is 5.91 Å². The zero-order valence-corrected chi connectivity index (χ0v) is 25.0. The van der Waals surface area contributed by atoms with Crippen molar-refractivity contribution in [1.29, 1.82) is 0 Å². The summed E-state index contributed by atoms with van der Waals surface area (Å²) in [5.41, 5.74) is 4.29. The van der Waals surface area contributed by atoms with E-state index in [1.165, 1.54) is 55.1 Å². The topological polar surface area (TPSA) is 93.7 Å². The highest BCUT2D eigenvalue weighted by Gasteiger charge is 2.33. The molecule has 0 saturated carbocycles. The first-order valence-electron chi connectivity index (χ1n) is 13.3. The van der Waals surface area contributed by atoms with E-state index in [4.69, 9.17) is 9.47 Å². The molecule has 42 heavy (non-hydrogen) atoms. The zero-order chi connectivity index (χ0) is 30.2. The number of amides is 2. The van der Waals surface area contributed by atoms with Gasteiger partial charge in [0.15, 0.2) is 5.16 Å². The molecule has 0 radical (unpaired) electrons. The first-order valence-corrected chi connectivity index (χ1v) is 14.2. The van der Waals surface area contributed by atoms with Gasteiger partial charge < -0.3 is 19.7 Å². The van der Waals surface area contributed by atoms with Gasteiger partial charge >= 0.3 is 0 Å². The molecule has 0 fully saturated rings. The van der Waals surface area contributed by atoms with Gasteiger partial charge in [-0.25, -0.2) is 14.4 Å². The van der Waals surface area contributed by atoms with E-state index < -0.39 is 17.8 Å². The minimum absolute atomic E-state index is 0.00833. The fourth-order valence-corrected chi connectivity index (χ4v) is 5.32. The van der Waals surface area contributed by atoms with Gasteiger partial charge in [0.05, 0.1) is 25.7 Å². The maximum Gasteiger partial charge on any atom is 0.251 e. The van der Waals surface area contributed by atoms with Crippen LogP contribution >= 0.6 is 11.8 Å². The number of carbonyl (C=O) groups excluding carboxylic acids is 2. The van der Waals surface area contributed by atoms with Gasteiger partial charge in [0.25, 0.3) is 5.91 Å². The summed E-state index contributed by atoms with van der Waals surface area (Å²) in [6.45, 7) is 5.83. The number of methoxy groups -OCH3 is 2. The largest absolute Gasteiger partial charge is 0.497 e. The van der Waals surface area contributed by atoms with Crippen molar-refractivity contribution in [3.8, 4) is 11.5 Å². The summed E-state index contributed by atoms with van der Waals surface area (Å²) in [5, 5.41) is 3.39. The fourth-order valence-electron chi connectivity index (χ4n) is 4.48. The van der Waals surface area contributed by atoms with Crippen LogP contribution in [0.4, 0.5) is 10.1 Å². The van der Waals surface area contributed by atoms with Crippen LogP contribution in [0.5, 0.6) is 11.5 Å². The van der Waals surface area contributed by atoms with Crippen LogP contribution in [0.3, 0.4) is 0 Å². The van der Waals surface area contributed by atoms with Crippen LogP contribution in [0.15, 0.2) is 78.0 Å². The Balaban J connectivity index is 1.74. The molecular weight excluding hydrogens is 555 g/mol. The van der Waals surface area contributed by atoms with Gasteiger partial charge in [0, 0.05) is 24.0 Å². The summed E-state index contributed by atoms with van der Waals surface area (Å²) in [6.07, 6.45) is 0.